The molecule has 0 unspecified atom stereocenters. The molecule has 1 heterocycles. The number of nitrogens with zero attached hydrogens (tertiary/aromatic N) is 2. The van der Waals surface area contributed by atoms with E-state index in [0.717, 1.165) is 17.8 Å². The summed E-state index contributed by atoms with van der Waals surface area (Å²) in [6.07, 6.45) is 0. The van der Waals surface area contributed by atoms with E-state index in [-0.39, 0.29) is 11.4 Å². The fraction of sp³-hybridized carbons (Fsp3) is 0. The van der Waals surface area contributed by atoms with Gasteiger partial charge >= 0.3 is 0 Å². The lowest BCUT2D eigenvalue weighted by atomic mass is 10.2. The summed E-state index contributed by atoms with van der Waals surface area (Å²) in [6, 6.07) is 12.8. The fourth-order valence-electron chi connectivity index (χ4n) is 1.98. The Kier molecular flexibility index (Phi) is 4.85. The molecule has 0 radical (unpaired) electrons. The number of nitrogens with one attached hydrogen (secondary N) is 2. The molecule has 8 heteroatoms. The minimum Gasteiger partial charge on any atom is -0.339 e. The van der Waals surface area contributed by atoms with Gasteiger partial charge in [-0.15, -0.1) is 10.2 Å². The van der Waals surface area contributed by atoms with Gasteiger partial charge < -0.3 is 10.6 Å². The summed E-state index contributed by atoms with van der Waals surface area (Å²) >= 11 is 5.81. The van der Waals surface area contributed by atoms with Crippen molar-refractivity contribution in [3.05, 3.63) is 76.9 Å². The summed E-state index contributed by atoms with van der Waals surface area (Å²) < 4.78 is 26.4. The van der Waals surface area contributed by atoms with Crippen LogP contribution >= 0.6 is 11.6 Å². The molecule has 3 aromatic rings. The maximum atomic E-state index is 13.6. The smallest absolute Gasteiger partial charge is 0.276 e. The van der Waals surface area contributed by atoms with E-state index in [1.807, 2.05) is 0 Å². The molecule has 0 spiro atoms. The normalized spacial score (nSPS) is 10.4. The van der Waals surface area contributed by atoms with Crippen molar-refractivity contribution < 1.29 is 13.6 Å². The van der Waals surface area contributed by atoms with Crippen molar-refractivity contribution in [2.45, 2.75) is 0 Å². The van der Waals surface area contributed by atoms with Gasteiger partial charge in [-0.2, -0.15) is 0 Å². The van der Waals surface area contributed by atoms with Crippen LogP contribution in [0.2, 0.25) is 5.02 Å². The summed E-state index contributed by atoms with van der Waals surface area (Å²) in [5, 5.41) is 13.6. The highest BCUT2D eigenvalue weighted by molar-refractivity contribution is 6.30. The topological polar surface area (TPSA) is 66.9 Å². The highest BCUT2D eigenvalue weighted by atomic mass is 35.5. The number of halogens is 3. The number of aromatic nitrogens is 2. The zero-order valence-electron chi connectivity index (χ0n) is 12.6. The van der Waals surface area contributed by atoms with Gasteiger partial charge in [-0.25, -0.2) is 8.78 Å². The zero-order chi connectivity index (χ0) is 17.8. The first-order valence-corrected chi connectivity index (χ1v) is 7.52. The molecule has 0 saturated carbocycles. The quantitative estimate of drug-likeness (QED) is 0.723. The molecule has 2 aromatic carbocycles. The van der Waals surface area contributed by atoms with Crippen molar-refractivity contribution in [3.8, 4) is 0 Å². The summed E-state index contributed by atoms with van der Waals surface area (Å²) in [7, 11) is 0. The van der Waals surface area contributed by atoms with Crippen LogP contribution in [0.1, 0.15) is 10.5 Å². The molecular formula is C17H11ClF2N4O. The van der Waals surface area contributed by atoms with E-state index in [0.29, 0.717) is 16.9 Å². The Hall–Kier alpha value is -3.06. The molecule has 0 fully saturated rings. The number of benzene rings is 2. The standard InChI is InChI=1S/C17H11ClF2N4O/c18-10-1-4-12(5-2-10)21-16-8-7-15(23-24-16)17(25)22-14-6-3-11(19)9-13(14)20/h1-9H,(H,21,24)(H,22,25). The van der Waals surface area contributed by atoms with Crippen LogP contribution in [-0.2, 0) is 0 Å². The summed E-state index contributed by atoms with van der Waals surface area (Å²) in [6.45, 7) is 0. The Bertz CT molecular complexity index is 902. The Morgan fingerprint density at radius 2 is 1.72 bits per heavy atom. The molecule has 0 saturated heterocycles. The Morgan fingerprint density at radius 3 is 2.36 bits per heavy atom. The maximum absolute atomic E-state index is 13.6. The van der Waals surface area contributed by atoms with Crippen LogP contribution < -0.4 is 10.6 Å². The van der Waals surface area contributed by atoms with Crippen LogP contribution in [0.4, 0.5) is 26.0 Å². The minimum atomic E-state index is -0.873. The lowest BCUT2D eigenvalue weighted by molar-refractivity contribution is 0.102. The number of carbonyl (C=O) groups excluding carboxylic acids is 1. The minimum absolute atomic E-state index is 0.00891. The molecule has 126 valence electrons. The third-order valence-electron chi connectivity index (χ3n) is 3.19. The van der Waals surface area contributed by atoms with E-state index in [9.17, 15) is 13.6 Å². The van der Waals surface area contributed by atoms with Crippen molar-refractivity contribution in [2.24, 2.45) is 0 Å². The average Bonchev–Trinajstić information content (AvgIpc) is 2.60. The highest BCUT2D eigenvalue weighted by Crippen LogP contribution is 2.18. The Balaban J connectivity index is 1.68. The van der Waals surface area contributed by atoms with Gasteiger partial charge in [0, 0.05) is 16.8 Å². The Labute approximate surface area is 146 Å². The average molecular weight is 361 g/mol. The number of carbonyl (C=O) groups is 1. The lowest BCUT2D eigenvalue weighted by Gasteiger charge is -2.07. The molecule has 0 aliphatic rings. The van der Waals surface area contributed by atoms with Gasteiger partial charge in [0.05, 0.1) is 5.69 Å². The fourth-order valence-corrected chi connectivity index (χ4v) is 2.10. The molecule has 1 amide bonds. The molecule has 3 rings (SSSR count). The summed E-state index contributed by atoms with van der Waals surface area (Å²) in [5.41, 5.74) is 0.603. The van der Waals surface area contributed by atoms with Gasteiger partial charge in [0.25, 0.3) is 5.91 Å². The Morgan fingerprint density at radius 1 is 0.960 bits per heavy atom. The monoisotopic (exact) mass is 360 g/mol. The van der Waals surface area contributed by atoms with Crippen LogP contribution in [0.25, 0.3) is 0 Å². The second-order valence-electron chi connectivity index (χ2n) is 5.01. The van der Waals surface area contributed by atoms with Gasteiger partial charge in [-0.05, 0) is 48.5 Å². The molecule has 0 aliphatic carbocycles. The molecule has 0 bridgehead atoms. The second-order valence-corrected chi connectivity index (χ2v) is 5.45. The molecule has 1 aromatic heterocycles. The van der Waals surface area contributed by atoms with Gasteiger partial charge in [0.15, 0.2) is 11.5 Å². The van der Waals surface area contributed by atoms with E-state index in [2.05, 4.69) is 20.8 Å². The number of anilines is 3. The van der Waals surface area contributed by atoms with Crippen molar-refractivity contribution in [1.29, 1.82) is 0 Å². The number of amides is 1. The van der Waals surface area contributed by atoms with E-state index in [1.165, 1.54) is 6.07 Å². The summed E-state index contributed by atoms with van der Waals surface area (Å²) in [4.78, 5) is 12.0. The lowest BCUT2D eigenvalue weighted by Crippen LogP contribution is -2.15. The molecule has 5 nitrogen and oxygen atoms in total. The predicted octanol–water partition coefficient (Wildman–Crippen LogP) is 4.40. The molecule has 0 atom stereocenters. The number of rotatable bonds is 4. The van der Waals surface area contributed by atoms with Crippen LogP contribution in [0.5, 0.6) is 0 Å². The van der Waals surface area contributed by atoms with Gasteiger partial charge in [0.2, 0.25) is 0 Å². The largest absolute Gasteiger partial charge is 0.339 e. The summed E-state index contributed by atoms with van der Waals surface area (Å²) in [5.74, 6) is -1.84. The molecule has 2 N–H and O–H groups in total. The van der Waals surface area contributed by atoms with E-state index >= 15 is 0 Å². The number of hydrogen-bond acceptors (Lipinski definition) is 4. The van der Waals surface area contributed by atoms with Crippen LogP contribution in [-0.4, -0.2) is 16.1 Å². The van der Waals surface area contributed by atoms with Gasteiger partial charge in [-0.1, -0.05) is 11.6 Å². The van der Waals surface area contributed by atoms with Crippen LogP contribution in [0, 0.1) is 11.6 Å². The predicted molar refractivity (Wildman–Crippen MR) is 91.1 cm³/mol. The van der Waals surface area contributed by atoms with Crippen molar-refractivity contribution in [3.63, 3.8) is 0 Å². The number of hydrogen-bond donors (Lipinski definition) is 2. The zero-order valence-corrected chi connectivity index (χ0v) is 13.4. The van der Waals surface area contributed by atoms with E-state index < -0.39 is 17.5 Å². The van der Waals surface area contributed by atoms with Gasteiger partial charge in [0.1, 0.15) is 11.6 Å². The van der Waals surface area contributed by atoms with Crippen molar-refractivity contribution in [1.82, 2.24) is 10.2 Å². The highest BCUT2D eigenvalue weighted by Gasteiger charge is 2.12. The third-order valence-corrected chi connectivity index (χ3v) is 3.45. The SMILES string of the molecule is O=C(Nc1ccc(F)cc1F)c1ccc(Nc2ccc(Cl)cc2)nn1. The van der Waals surface area contributed by atoms with Gasteiger partial charge in [-0.3, -0.25) is 4.79 Å². The molecule has 25 heavy (non-hydrogen) atoms. The first-order chi connectivity index (χ1) is 12.0. The second kappa shape index (κ2) is 7.23. The first-order valence-electron chi connectivity index (χ1n) is 7.14. The first kappa shape index (κ1) is 16.8. The molecular weight excluding hydrogens is 350 g/mol. The van der Waals surface area contributed by atoms with Crippen LogP contribution in [0.15, 0.2) is 54.6 Å². The van der Waals surface area contributed by atoms with Crippen molar-refractivity contribution in [2.75, 3.05) is 10.6 Å². The van der Waals surface area contributed by atoms with Crippen molar-refractivity contribution >= 4 is 34.7 Å². The third kappa shape index (κ3) is 4.27. The van der Waals surface area contributed by atoms with E-state index in [4.69, 9.17) is 11.6 Å². The van der Waals surface area contributed by atoms with Crippen LogP contribution in [0.3, 0.4) is 0 Å². The maximum Gasteiger partial charge on any atom is 0.276 e. The molecule has 0 aliphatic heterocycles. The van der Waals surface area contributed by atoms with E-state index in [1.54, 1.807) is 30.3 Å².